The maximum atomic E-state index is 11.1. The summed E-state index contributed by atoms with van der Waals surface area (Å²) in [4.78, 5) is 12.2. The summed E-state index contributed by atoms with van der Waals surface area (Å²) < 4.78 is 1.60. The van der Waals surface area contributed by atoms with Crippen LogP contribution >= 0.6 is 11.3 Å². The van der Waals surface area contributed by atoms with Gasteiger partial charge < -0.3 is 9.67 Å². The van der Waals surface area contributed by atoms with Gasteiger partial charge in [-0.15, -0.1) is 0 Å². The van der Waals surface area contributed by atoms with E-state index in [9.17, 15) is 4.79 Å². The summed E-state index contributed by atoms with van der Waals surface area (Å²) >= 11 is 1.23. The maximum Gasteiger partial charge on any atom is 0.307 e. The van der Waals surface area contributed by atoms with Gasteiger partial charge in [0.25, 0.3) is 0 Å². The van der Waals surface area contributed by atoms with Gasteiger partial charge in [-0.25, -0.2) is 0 Å². The van der Waals surface area contributed by atoms with E-state index in [1.54, 1.807) is 4.57 Å². The topological polar surface area (TPSA) is 42.2 Å². The van der Waals surface area contributed by atoms with Crippen LogP contribution < -0.4 is 4.87 Å². The maximum absolute atomic E-state index is 11.1. The number of nitrogens with zero attached hydrogens (tertiary/aromatic N) is 1. The van der Waals surface area contributed by atoms with Crippen LogP contribution in [-0.2, 0) is 6.54 Å². The minimum Gasteiger partial charge on any atom is -0.395 e. The second kappa shape index (κ2) is 3.19. The lowest BCUT2D eigenvalue weighted by atomic mass is 10.4. The van der Waals surface area contributed by atoms with Gasteiger partial charge in [-0.1, -0.05) is 11.3 Å². The lowest BCUT2D eigenvalue weighted by Crippen LogP contribution is -2.16. The molecule has 0 radical (unpaired) electrons. The molecule has 1 heterocycles. The molecule has 0 unspecified atom stereocenters. The summed E-state index contributed by atoms with van der Waals surface area (Å²) in [5.41, 5.74) is 0.967. The predicted octanol–water partition coefficient (Wildman–Crippen LogP) is 0.519. The fraction of sp³-hybridized carbons (Fsp3) is 0.571. The van der Waals surface area contributed by atoms with E-state index in [1.807, 2.05) is 13.8 Å². The highest BCUT2D eigenvalue weighted by Gasteiger charge is 2.05. The minimum absolute atomic E-state index is 0.0223. The van der Waals surface area contributed by atoms with Crippen LogP contribution in [0.2, 0.25) is 0 Å². The molecule has 0 aliphatic heterocycles. The summed E-state index contributed by atoms with van der Waals surface area (Å²) in [6, 6.07) is 0. The Bertz CT molecular complexity index is 300. The quantitative estimate of drug-likeness (QED) is 0.708. The Balaban J connectivity index is 3.12. The summed E-state index contributed by atoms with van der Waals surface area (Å²) in [7, 11) is 0. The van der Waals surface area contributed by atoms with Crippen molar-refractivity contribution < 1.29 is 5.11 Å². The van der Waals surface area contributed by atoms with E-state index in [-0.39, 0.29) is 11.5 Å². The van der Waals surface area contributed by atoms with E-state index >= 15 is 0 Å². The van der Waals surface area contributed by atoms with E-state index in [4.69, 9.17) is 5.11 Å². The minimum atomic E-state index is 0.0223. The molecule has 4 heteroatoms. The van der Waals surface area contributed by atoms with Crippen LogP contribution in [0.25, 0.3) is 0 Å². The Morgan fingerprint density at radius 2 is 2.18 bits per heavy atom. The van der Waals surface area contributed by atoms with Crippen LogP contribution in [0.15, 0.2) is 4.79 Å². The third-order valence-corrected chi connectivity index (χ3v) is 2.70. The Morgan fingerprint density at radius 1 is 1.55 bits per heavy atom. The highest BCUT2D eigenvalue weighted by atomic mass is 32.1. The van der Waals surface area contributed by atoms with Gasteiger partial charge in [0.2, 0.25) is 0 Å². The number of aromatic nitrogens is 1. The van der Waals surface area contributed by atoms with Crippen molar-refractivity contribution in [3.63, 3.8) is 0 Å². The third kappa shape index (κ3) is 1.52. The van der Waals surface area contributed by atoms with E-state index in [0.717, 1.165) is 10.6 Å². The summed E-state index contributed by atoms with van der Waals surface area (Å²) in [5, 5.41) is 8.62. The molecule has 0 bridgehead atoms. The number of hydrogen-bond acceptors (Lipinski definition) is 3. The average Bonchev–Trinajstić information content (AvgIpc) is 2.17. The highest BCUT2D eigenvalue weighted by Crippen LogP contribution is 2.08. The van der Waals surface area contributed by atoms with Crippen LogP contribution in [0, 0.1) is 13.8 Å². The molecule has 62 valence electrons. The zero-order chi connectivity index (χ0) is 8.43. The fourth-order valence-electron chi connectivity index (χ4n) is 0.946. The molecule has 1 N–H and O–H groups in total. The molecule has 0 atom stereocenters. The lowest BCUT2D eigenvalue weighted by Gasteiger charge is -1.99. The summed E-state index contributed by atoms with van der Waals surface area (Å²) in [6.45, 7) is 4.24. The van der Waals surface area contributed by atoms with Crippen LogP contribution in [-0.4, -0.2) is 16.3 Å². The van der Waals surface area contributed by atoms with Gasteiger partial charge >= 0.3 is 4.87 Å². The van der Waals surface area contributed by atoms with Crippen molar-refractivity contribution in [2.75, 3.05) is 6.61 Å². The molecule has 0 fully saturated rings. The van der Waals surface area contributed by atoms with Crippen molar-refractivity contribution in [3.05, 3.63) is 20.2 Å². The van der Waals surface area contributed by atoms with Gasteiger partial charge in [0.1, 0.15) is 0 Å². The van der Waals surface area contributed by atoms with Crippen LogP contribution in [0.4, 0.5) is 0 Å². The molecule has 0 saturated carbocycles. The molecule has 0 spiro atoms. The standard InChI is InChI=1S/C7H11NO2S/c1-5-6(2)11-7(10)8(5)3-4-9/h9H,3-4H2,1-2H3. The molecule has 0 aromatic carbocycles. The smallest absolute Gasteiger partial charge is 0.307 e. The molecule has 11 heavy (non-hydrogen) atoms. The molecule has 0 amide bonds. The van der Waals surface area contributed by atoms with E-state index in [1.165, 1.54) is 11.3 Å². The molecular weight excluding hydrogens is 162 g/mol. The molecule has 3 nitrogen and oxygen atoms in total. The lowest BCUT2D eigenvalue weighted by molar-refractivity contribution is 0.274. The SMILES string of the molecule is Cc1sc(=O)n(CCO)c1C. The van der Waals surface area contributed by atoms with Crippen LogP contribution in [0.1, 0.15) is 10.6 Å². The number of thiazole rings is 1. The first-order valence-corrected chi connectivity index (χ1v) is 4.26. The van der Waals surface area contributed by atoms with Gasteiger partial charge in [0.05, 0.1) is 6.61 Å². The third-order valence-electron chi connectivity index (χ3n) is 1.70. The molecule has 1 rings (SSSR count). The molecule has 1 aromatic rings. The Hall–Kier alpha value is -0.610. The summed E-state index contributed by atoms with van der Waals surface area (Å²) in [6.07, 6.45) is 0. The summed E-state index contributed by atoms with van der Waals surface area (Å²) in [5.74, 6) is 0. The van der Waals surface area contributed by atoms with Crippen LogP contribution in [0.3, 0.4) is 0 Å². The molecule has 1 aromatic heterocycles. The van der Waals surface area contributed by atoms with Gasteiger partial charge in [-0.05, 0) is 13.8 Å². The van der Waals surface area contributed by atoms with Crippen molar-refractivity contribution in [2.45, 2.75) is 20.4 Å². The number of aliphatic hydroxyl groups excluding tert-OH is 1. The molecule has 0 saturated heterocycles. The van der Waals surface area contributed by atoms with Gasteiger partial charge in [-0.2, -0.15) is 0 Å². The first-order valence-electron chi connectivity index (χ1n) is 3.44. The Morgan fingerprint density at radius 3 is 2.55 bits per heavy atom. The second-order valence-electron chi connectivity index (χ2n) is 2.38. The number of aliphatic hydroxyl groups is 1. The Kier molecular flexibility index (Phi) is 2.46. The number of aryl methyl sites for hydroxylation is 1. The number of hydrogen-bond donors (Lipinski definition) is 1. The van der Waals surface area contributed by atoms with Gasteiger partial charge in [0, 0.05) is 17.1 Å². The van der Waals surface area contributed by atoms with Crippen molar-refractivity contribution in [1.29, 1.82) is 0 Å². The van der Waals surface area contributed by atoms with E-state index < -0.39 is 0 Å². The zero-order valence-electron chi connectivity index (χ0n) is 6.63. The average molecular weight is 173 g/mol. The first-order chi connectivity index (χ1) is 5.16. The first kappa shape index (κ1) is 8.49. The molecular formula is C7H11NO2S. The van der Waals surface area contributed by atoms with Gasteiger partial charge in [-0.3, -0.25) is 4.79 Å². The normalized spacial score (nSPS) is 10.5. The van der Waals surface area contributed by atoms with Gasteiger partial charge in [0.15, 0.2) is 0 Å². The predicted molar refractivity (Wildman–Crippen MR) is 45.1 cm³/mol. The molecule has 0 aliphatic rings. The zero-order valence-corrected chi connectivity index (χ0v) is 7.44. The van der Waals surface area contributed by atoms with E-state index in [0.29, 0.717) is 6.54 Å². The largest absolute Gasteiger partial charge is 0.395 e. The van der Waals surface area contributed by atoms with Crippen molar-refractivity contribution in [1.82, 2.24) is 4.57 Å². The fourth-order valence-corrected chi connectivity index (χ4v) is 1.80. The highest BCUT2D eigenvalue weighted by molar-refractivity contribution is 7.09. The number of rotatable bonds is 2. The Labute approximate surface area is 68.9 Å². The van der Waals surface area contributed by atoms with Crippen molar-refractivity contribution >= 4 is 11.3 Å². The van der Waals surface area contributed by atoms with Crippen molar-refractivity contribution in [3.8, 4) is 0 Å². The van der Waals surface area contributed by atoms with Crippen molar-refractivity contribution in [2.24, 2.45) is 0 Å². The van der Waals surface area contributed by atoms with E-state index in [2.05, 4.69) is 0 Å². The second-order valence-corrected chi connectivity index (χ2v) is 3.55. The molecule has 0 aliphatic carbocycles. The van der Waals surface area contributed by atoms with Crippen LogP contribution in [0.5, 0.6) is 0 Å². The monoisotopic (exact) mass is 173 g/mol.